The van der Waals surface area contributed by atoms with Crippen molar-refractivity contribution in [2.75, 3.05) is 0 Å². The summed E-state index contributed by atoms with van der Waals surface area (Å²) in [4.78, 5) is 4.09. The highest BCUT2D eigenvalue weighted by Gasteiger charge is 2.31. The number of aliphatic hydroxyl groups is 1. The lowest BCUT2D eigenvalue weighted by atomic mass is 9.99. The van der Waals surface area contributed by atoms with Crippen molar-refractivity contribution in [3.63, 3.8) is 0 Å². The molecule has 0 radical (unpaired) electrons. The fraction of sp³-hybridized carbons (Fsp3) is 0.308. The van der Waals surface area contributed by atoms with E-state index in [1.807, 2.05) is 30.5 Å². The van der Waals surface area contributed by atoms with Gasteiger partial charge in [-0.15, -0.1) is 0 Å². The highest BCUT2D eigenvalue weighted by molar-refractivity contribution is 5.85. The number of hydrogen-bond acceptors (Lipinski definition) is 2. The van der Waals surface area contributed by atoms with Crippen LogP contribution in [0.1, 0.15) is 24.5 Å². The molecule has 1 aromatic carbocycles. The van der Waals surface area contributed by atoms with Crippen molar-refractivity contribution in [1.82, 2.24) is 4.98 Å². The molecule has 0 saturated heterocycles. The van der Waals surface area contributed by atoms with Crippen LogP contribution < -0.4 is 0 Å². The van der Waals surface area contributed by atoms with E-state index in [0.29, 0.717) is 5.92 Å². The zero-order valence-electron chi connectivity index (χ0n) is 8.43. The Hall–Kier alpha value is -1.41. The van der Waals surface area contributed by atoms with Crippen LogP contribution in [0.5, 0.6) is 0 Å². The monoisotopic (exact) mass is 199 g/mol. The van der Waals surface area contributed by atoms with Gasteiger partial charge in [0.2, 0.25) is 0 Å². The number of hydrogen-bond donors (Lipinski definition) is 1. The van der Waals surface area contributed by atoms with E-state index in [2.05, 4.69) is 4.98 Å². The molecule has 1 N–H and O–H groups in total. The van der Waals surface area contributed by atoms with Gasteiger partial charge < -0.3 is 5.11 Å². The lowest BCUT2D eigenvalue weighted by Crippen LogP contribution is -2.00. The first kappa shape index (κ1) is 8.86. The molecule has 1 fully saturated rings. The Bertz CT molecular complexity index is 485. The third-order valence-electron chi connectivity index (χ3n) is 3.10. The first-order chi connectivity index (χ1) is 7.36. The average Bonchev–Trinajstić information content (AvgIpc) is 3.11. The van der Waals surface area contributed by atoms with Gasteiger partial charge in [-0.25, -0.2) is 0 Å². The number of pyridine rings is 1. The molecule has 2 heteroatoms. The second-order valence-electron chi connectivity index (χ2n) is 4.23. The van der Waals surface area contributed by atoms with E-state index in [1.165, 1.54) is 0 Å². The van der Waals surface area contributed by atoms with Crippen molar-refractivity contribution in [3.8, 4) is 0 Å². The minimum atomic E-state index is -0.295. The van der Waals surface area contributed by atoms with Gasteiger partial charge in [0.15, 0.2) is 0 Å². The molecule has 0 amide bonds. The highest BCUT2D eigenvalue weighted by Crippen LogP contribution is 2.42. The Labute approximate surface area is 88.6 Å². The smallest absolute Gasteiger partial charge is 0.0824 e. The topological polar surface area (TPSA) is 33.1 Å². The summed E-state index contributed by atoms with van der Waals surface area (Å²) in [7, 11) is 0. The van der Waals surface area contributed by atoms with Gasteiger partial charge in [-0.2, -0.15) is 0 Å². The first-order valence-corrected chi connectivity index (χ1v) is 5.37. The van der Waals surface area contributed by atoms with E-state index in [1.54, 1.807) is 6.20 Å². The summed E-state index contributed by atoms with van der Waals surface area (Å²) in [6.45, 7) is 0. The number of aromatic nitrogens is 1. The molecule has 1 unspecified atom stereocenters. The highest BCUT2D eigenvalue weighted by atomic mass is 16.3. The Morgan fingerprint density at radius 3 is 2.93 bits per heavy atom. The van der Waals surface area contributed by atoms with Crippen LogP contribution in [0.25, 0.3) is 10.8 Å². The maximum Gasteiger partial charge on any atom is 0.0824 e. The Morgan fingerprint density at radius 2 is 2.13 bits per heavy atom. The molecule has 3 rings (SSSR count). The van der Waals surface area contributed by atoms with E-state index in [0.717, 1.165) is 29.2 Å². The van der Waals surface area contributed by atoms with Crippen molar-refractivity contribution < 1.29 is 5.11 Å². The van der Waals surface area contributed by atoms with Gasteiger partial charge in [0.1, 0.15) is 0 Å². The normalized spacial score (nSPS) is 17.9. The number of fused-ring (bicyclic) bond motifs is 1. The quantitative estimate of drug-likeness (QED) is 0.806. The third-order valence-corrected chi connectivity index (χ3v) is 3.10. The second-order valence-corrected chi connectivity index (χ2v) is 4.23. The predicted molar refractivity (Wildman–Crippen MR) is 59.4 cm³/mol. The van der Waals surface area contributed by atoms with Crippen LogP contribution >= 0.6 is 0 Å². The van der Waals surface area contributed by atoms with Gasteiger partial charge in [-0.05, 0) is 35.8 Å². The first-order valence-electron chi connectivity index (χ1n) is 5.37. The Balaban J connectivity index is 2.16. The van der Waals surface area contributed by atoms with Gasteiger partial charge >= 0.3 is 0 Å². The minimum Gasteiger partial charge on any atom is -0.388 e. The molecule has 0 bridgehead atoms. The molecule has 1 atom stereocenters. The van der Waals surface area contributed by atoms with Crippen LogP contribution in [-0.4, -0.2) is 10.1 Å². The minimum absolute atomic E-state index is 0.295. The van der Waals surface area contributed by atoms with E-state index in [9.17, 15) is 5.11 Å². The van der Waals surface area contributed by atoms with Crippen molar-refractivity contribution in [3.05, 3.63) is 42.2 Å². The van der Waals surface area contributed by atoms with E-state index >= 15 is 0 Å². The van der Waals surface area contributed by atoms with E-state index in [-0.39, 0.29) is 6.10 Å². The fourth-order valence-electron chi connectivity index (χ4n) is 2.07. The molecule has 2 aromatic rings. The largest absolute Gasteiger partial charge is 0.388 e. The van der Waals surface area contributed by atoms with Crippen LogP contribution in [0.15, 0.2) is 36.7 Å². The summed E-state index contributed by atoms with van der Waals surface area (Å²) in [6, 6.07) is 8.03. The molecule has 1 heterocycles. The van der Waals surface area contributed by atoms with Crippen LogP contribution in [0, 0.1) is 5.92 Å². The zero-order valence-corrected chi connectivity index (χ0v) is 8.43. The van der Waals surface area contributed by atoms with Gasteiger partial charge in [-0.3, -0.25) is 4.98 Å². The van der Waals surface area contributed by atoms with Crippen molar-refractivity contribution in [2.45, 2.75) is 18.9 Å². The van der Waals surface area contributed by atoms with Crippen molar-refractivity contribution >= 4 is 10.8 Å². The maximum absolute atomic E-state index is 10.1. The molecular formula is C13H13NO. The van der Waals surface area contributed by atoms with Crippen LogP contribution in [0.3, 0.4) is 0 Å². The summed E-state index contributed by atoms with van der Waals surface area (Å²) in [5.41, 5.74) is 1.05. The van der Waals surface area contributed by atoms with E-state index < -0.39 is 0 Å². The van der Waals surface area contributed by atoms with E-state index in [4.69, 9.17) is 0 Å². The van der Waals surface area contributed by atoms with Gasteiger partial charge in [0.05, 0.1) is 6.10 Å². The van der Waals surface area contributed by atoms with Gasteiger partial charge in [0, 0.05) is 17.8 Å². The average molecular weight is 199 g/mol. The number of benzene rings is 1. The molecule has 1 saturated carbocycles. The van der Waals surface area contributed by atoms with Crippen LogP contribution in [0.2, 0.25) is 0 Å². The summed E-state index contributed by atoms with van der Waals surface area (Å²) in [5, 5.41) is 12.4. The van der Waals surface area contributed by atoms with Crippen molar-refractivity contribution in [1.29, 1.82) is 0 Å². The number of aliphatic hydroxyl groups excluding tert-OH is 1. The molecule has 2 nitrogen and oxygen atoms in total. The SMILES string of the molecule is OC(c1cccc2cnccc12)C1CC1. The summed E-state index contributed by atoms with van der Waals surface area (Å²) >= 11 is 0. The van der Waals surface area contributed by atoms with Gasteiger partial charge in [-0.1, -0.05) is 18.2 Å². The molecule has 15 heavy (non-hydrogen) atoms. The molecule has 0 aliphatic heterocycles. The zero-order chi connectivity index (χ0) is 10.3. The molecule has 76 valence electrons. The molecule has 1 aromatic heterocycles. The molecule has 1 aliphatic rings. The molecule has 1 aliphatic carbocycles. The van der Waals surface area contributed by atoms with Crippen molar-refractivity contribution in [2.24, 2.45) is 5.92 Å². The summed E-state index contributed by atoms with van der Waals surface area (Å²) in [5.74, 6) is 0.476. The molecule has 0 spiro atoms. The predicted octanol–water partition coefficient (Wildman–Crippen LogP) is 2.68. The number of nitrogens with zero attached hydrogens (tertiary/aromatic N) is 1. The lowest BCUT2D eigenvalue weighted by Gasteiger charge is -2.12. The number of rotatable bonds is 2. The Kier molecular flexibility index (Phi) is 1.96. The third kappa shape index (κ3) is 1.51. The lowest BCUT2D eigenvalue weighted by molar-refractivity contribution is 0.155. The second kappa shape index (κ2) is 3.31. The van der Waals surface area contributed by atoms with Crippen LogP contribution in [-0.2, 0) is 0 Å². The van der Waals surface area contributed by atoms with Gasteiger partial charge in [0.25, 0.3) is 0 Å². The van der Waals surface area contributed by atoms with Crippen LogP contribution in [0.4, 0.5) is 0 Å². The summed E-state index contributed by atoms with van der Waals surface area (Å²) < 4.78 is 0. The fourth-order valence-corrected chi connectivity index (χ4v) is 2.07. The molecular weight excluding hydrogens is 186 g/mol. The Morgan fingerprint density at radius 1 is 1.27 bits per heavy atom. The maximum atomic E-state index is 10.1. The summed E-state index contributed by atoms with van der Waals surface area (Å²) in [6.07, 6.45) is 5.64. The standard InChI is InChI=1S/C13H13NO/c15-13(9-4-5-9)12-3-1-2-10-8-14-7-6-11(10)12/h1-3,6-9,13,15H,4-5H2.